The van der Waals surface area contributed by atoms with Gasteiger partial charge in [-0.2, -0.15) is 8.42 Å². The number of aliphatic hydroxyl groups is 1. The number of hydrogen-bond acceptors (Lipinski definition) is 9. The number of carbonyl (C=O) groups excluding carboxylic acids is 1. The molecule has 2 aliphatic rings. The first-order valence-corrected chi connectivity index (χ1v) is 12.9. The molecular weight excluding hydrogens is 498 g/mol. The van der Waals surface area contributed by atoms with Crippen LogP contribution in [0.1, 0.15) is 30.0 Å². The van der Waals surface area contributed by atoms with Crippen LogP contribution in [0.25, 0.3) is 22.3 Å². The van der Waals surface area contributed by atoms with Gasteiger partial charge in [-0.05, 0) is 42.8 Å². The average Bonchev–Trinajstić information content (AvgIpc) is 3.26. The third kappa shape index (κ3) is 3.35. The van der Waals surface area contributed by atoms with Gasteiger partial charge in [-0.25, -0.2) is 9.78 Å². The van der Waals surface area contributed by atoms with Crippen LogP contribution in [-0.4, -0.2) is 29.0 Å². The number of hydrogen-bond donors (Lipinski definition) is 2. The van der Waals surface area contributed by atoms with Gasteiger partial charge < -0.3 is 24.3 Å². The molecule has 4 heterocycles. The predicted molar refractivity (Wildman–Crippen MR) is 133 cm³/mol. The molecule has 0 saturated carbocycles. The number of pyridine rings is 2. The summed E-state index contributed by atoms with van der Waals surface area (Å²) in [5.74, 6) is -0.827. The van der Waals surface area contributed by atoms with Gasteiger partial charge in [0, 0.05) is 16.5 Å². The summed E-state index contributed by atoms with van der Waals surface area (Å²) in [6, 6.07) is 14.1. The Hall–Kier alpha value is -4.22. The Morgan fingerprint density at radius 2 is 1.92 bits per heavy atom. The SMILES string of the molecule is CC[C@@]1(O)C(=O)OCc2c1cc1n(c2=O)Cc2cc3c(N)c(OS(=O)(=O)c4ccccc4)ccc3nc2-1. The van der Waals surface area contributed by atoms with Crippen molar-refractivity contribution in [2.45, 2.75) is 37.0 Å². The van der Waals surface area contributed by atoms with Crippen molar-refractivity contribution in [1.82, 2.24) is 9.55 Å². The highest BCUT2D eigenvalue weighted by molar-refractivity contribution is 7.87. The summed E-state index contributed by atoms with van der Waals surface area (Å²) >= 11 is 0. The molecule has 10 nitrogen and oxygen atoms in total. The molecule has 4 aromatic rings. The second kappa shape index (κ2) is 7.89. The fourth-order valence-electron chi connectivity index (χ4n) is 4.88. The first kappa shape index (κ1) is 23.2. The fraction of sp³-hybridized carbons (Fsp3) is 0.192. The van der Waals surface area contributed by atoms with Crippen LogP contribution in [0.15, 0.2) is 64.3 Å². The van der Waals surface area contributed by atoms with E-state index in [4.69, 9.17) is 19.6 Å². The highest BCUT2D eigenvalue weighted by Gasteiger charge is 2.45. The lowest BCUT2D eigenvalue weighted by molar-refractivity contribution is -0.172. The van der Waals surface area contributed by atoms with Crippen molar-refractivity contribution in [3.63, 3.8) is 0 Å². The van der Waals surface area contributed by atoms with Crippen LogP contribution in [-0.2, 0) is 38.4 Å². The zero-order valence-corrected chi connectivity index (χ0v) is 20.4. The second-order valence-corrected chi connectivity index (χ2v) is 10.5. The molecule has 188 valence electrons. The standard InChI is InChI=1S/C26H21N3O7S/c1-2-26(32)18-11-20-23-14(12-29(20)24(30)17(18)13-35-25(26)31)10-16-19(28-23)8-9-21(22(16)27)36-37(33,34)15-6-4-3-5-7-15/h3-11,32H,2,12-13,27H2,1H3/t26-/m0/s1. The lowest BCUT2D eigenvalue weighted by atomic mass is 9.86. The maximum absolute atomic E-state index is 13.3. The Kier molecular flexibility index (Phi) is 4.95. The van der Waals surface area contributed by atoms with Gasteiger partial charge in [-0.15, -0.1) is 0 Å². The maximum atomic E-state index is 13.3. The average molecular weight is 520 g/mol. The monoisotopic (exact) mass is 519 g/mol. The minimum absolute atomic E-state index is 0.00475. The number of nitrogens with zero attached hydrogens (tertiary/aromatic N) is 2. The van der Waals surface area contributed by atoms with Crippen molar-refractivity contribution in [1.29, 1.82) is 0 Å². The number of fused-ring (bicyclic) bond motifs is 5. The van der Waals surface area contributed by atoms with E-state index in [1.165, 1.54) is 22.8 Å². The van der Waals surface area contributed by atoms with Gasteiger partial charge in [-0.3, -0.25) is 4.79 Å². The van der Waals surface area contributed by atoms with Crippen LogP contribution >= 0.6 is 0 Å². The summed E-state index contributed by atoms with van der Waals surface area (Å²) in [6.45, 7) is 1.61. The lowest BCUT2D eigenvalue weighted by Crippen LogP contribution is -2.44. The number of anilines is 1. The van der Waals surface area contributed by atoms with Crippen molar-refractivity contribution >= 4 is 32.7 Å². The van der Waals surface area contributed by atoms with Crippen LogP contribution < -0.4 is 15.5 Å². The third-order valence-corrected chi connectivity index (χ3v) is 8.17. The minimum atomic E-state index is -4.10. The number of rotatable bonds is 4. The summed E-state index contributed by atoms with van der Waals surface area (Å²) in [5, 5.41) is 11.5. The van der Waals surface area contributed by atoms with Crippen LogP contribution in [0, 0.1) is 0 Å². The Bertz CT molecular complexity index is 1800. The number of nitrogen functional groups attached to an aromatic ring is 1. The Balaban J connectivity index is 1.46. The van der Waals surface area contributed by atoms with Gasteiger partial charge in [0.25, 0.3) is 5.56 Å². The van der Waals surface area contributed by atoms with E-state index in [0.717, 1.165) is 0 Å². The molecule has 0 bridgehead atoms. The fourth-order valence-corrected chi connectivity index (χ4v) is 5.85. The van der Waals surface area contributed by atoms with Gasteiger partial charge in [0.1, 0.15) is 11.5 Å². The molecule has 1 atom stereocenters. The minimum Gasteiger partial charge on any atom is -0.458 e. The van der Waals surface area contributed by atoms with E-state index in [0.29, 0.717) is 27.9 Å². The molecule has 2 aliphatic heterocycles. The number of cyclic esters (lactones) is 1. The first-order valence-electron chi connectivity index (χ1n) is 11.5. The van der Waals surface area contributed by atoms with Crippen LogP contribution in [0.5, 0.6) is 5.75 Å². The summed E-state index contributed by atoms with van der Waals surface area (Å²) < 4.78 is 37.3. The molecule has 0 saturated heterocycles. The van der Waals surface area contributed by atoms with E-state index in [2.05, 4.69) is 0 Å². The van der Waals surface area contributed by atoms with E-state index >= 15 is 0 Å². The summed E-state index contributed by atoms with van der Waals surface area (Å²) in [4.78, 5) is 30.3. The van der Waals surface area contributed by atoms with Crippen molar-refractivity contribution in [3.05, 3.63) is 81.6 Å². The quantitative estimate of drug-likeness (QED) is 0.207. The number of benzene rings is 2. The Morgan fingerprint density at radius 3 is 2.65 bits per heavy atom. The van der Waals surface area contributed by atoms with E-state index in [9.17, 15) is 23.1 Å². The summed E-state index contributed by atoms with van der Waals surface area (Å²) in [5.41, 5.74) is 6.69. The van der Waals surface area contributed by atoms with Crippen molar-refractivity contribution in [2.75, 3.05) is 5.73 Å². The molecule has 0 aliphatic carbocycles. The zero-order valence-electron chi connectivity index (χ0n) is 19.6. The van der Waals surface area contributed by atoms with Crippen LogP contribution in [0.4, 0.5) is 5.69 Å². The van der Waals surface area contributed by atoms with E-state index in [-0.39, 0.29) is 52.6 Å². The number of ether oxygens (including phenoxy) is 1. The second-order valence-electron chi connectivity index (χ2n) is 8.99. The van der Waals surface area contributed by atoms with E-state index < -0.39 is 21.7 Å². The smallest absolute Gasteiger partial charge is 0.343 e. The number of carbonyl (C=O) groups is 1. The van der Waals surface area contributed by atoms with Gasteiger partial charge >= 0.3 is 16.1 Å². The van der Waals surface area contributed by atoms with E-state index in [1.54, 1.807) is 43.3 Å². The normalized spacial score (nSPS) is 18.2. The van der Waals surface area contributed by atoms with Crippen molar-refractivity contribution in [3.8, 4) is 17.1 Å². The van der Waals surface area contributed by atoms with Crippen molar-refractivity contribution in [2.24, 2.45) is 0 Å². The summed E-state index contributed by atoms with van der Waals surface area (Å²) in [6.07, 6.45) is 0.0466. The molecule has 11 heteroatoms. The topological polar surface area (TPSA) is 151 Å². The van der Waals surface area contributed by atoms with Gasteiger partial charge in [0.15, 0.2) is 11.4 Å². The number of aromatic nitrogens is 2. The Morgan fingerprint density at radius 1 is 1.16 bits per heavy atom. The molecule has 0 fully saturated rings. The van der Waals surface area contributed by atoms with Gasteiger partial charge in [-0.1, -0.05) is 25.1 Å². The van der Waals surface area contributed by atoms with E-state index in [1.807, 2.05) is 0 Å². The highest BCUT2D eigenvalue weighted by atomic mass is 32.2. The largest absolute Gasteiger partial charge is 0.458 e. The molecular formula is C26H21N3O7S. The summed E-state index contributed by atoms with van der Waals surface area (Å²) in [7, 11) is -4.10. The number of esters is 1. The molecule has 37 heavy (non-hydrogen) atoms. The molecule has 6 rings (SSSR count). The van der Waals surface area contributed by atoms with Gasteiger partial charge in [0.2, 0.25) is 0 Å². The molecule has 0 amide bonds. The molecule has 0 unspecified atom stereocenters. The van der Waals surface area contributed by atoms with Crippen LogP contribution in [0.2, 0.25) is 0 Å². The molecule has 0 radical (unpaired) electrons. The first-order chi connectivity index (χ1) is 17.6. The van der Waals surface area contributed by atoms with Crippen molar-refractivity contribution < 1.29 is 27.2 Å². The lowest BCUT2D eigenvalue weighted by Gasteiger charge is -2.31. The predicted octanol–water partition coefficient (Wildman–Crippen LogP) is 2.43. The third-order valence-electron chi connectivity index (χ3n) is 6.92. The molecule has 3 N–H and O–H groups in total. The molecule has 0 spiro atoms. The maximum Gasteiger partial charge on any atom is 0.343 e. The zero-order chi connectivity index (χ0) is 26.1. The van der Waals surface area contributed by atoms with Gasteiger partial charge in [0.05, 0.1) is 34.7 Å². The Labute approximate surface area is 211 Å². The molecule has 2 aromatic heterocycles. The number of nitrogens with two attached hydrogens (primary N) is 1. The van der Waals surface area contributed by atoms with Crippen LogP contribution in [0.3, 0.4) is 0 Å². The highest BCUT2D eigenvalue weighted by Crippen LogP contribution is 2.40. The molecule has 2 aromatic carbocycles.